The van der Waals surface area contributed by atoms with Gasteiger partial charge in [0.15, 0.2) is 0 Å². The summed E-state index contributed by atoms with van der Waals surface area (Å²) in [5.41, 5.74) is 7.71. The largest absolute Gasteiger partial charge is 0.496 e. The van der Waals surface area contributed by atoms with Crippen LogP contribution in [-0.2, 0) is 11.3 Å². The highest BCUT2D eigenvalue weighted by Crippen LogP contribution is 2.22. The number of thiocarbonyl (C=S) groups is 1. The highest BCUT2D eigenvalue weighted by Gasteiger charge is 2.17. The predicted octanol–water partition coefficient (Wildman–Crippen LogP) is 1.94. The second-order valence-corrected chi connectivity index (χ2v) is 5.60. The number of nitrogens with zero attached hydrogens (tertiary/aromatic N) is 1. The zero-order valence-electron chi connectivity index (χ0n) is 12.1. The lowest BCUT2D eigenvalue weighted by molar-refractivity contribution is 0.0667. The molecule has 110 valence electrons. The Morgan fingerprint density at radius 2 is 2.35 bits per heavy atom. The van der Waals surface area contributed by atoms with Crippen molar-refractivity contribution in [3.05, 3.63) is 29.3 Å². The maximum absolute atomic E-state index is 5.71. The highest BCUT2D eigenvalue weighted by atomic mass is 32.1. The second kappa shape index (κ2) is 7.02. The molecule has 0 amide bonds. The lowest BCUT2D eigenvalue weighted by atomic mass is 10.1. The molecule has 1 saturated heterocycles. The van der Waals surface area contributed by atoms with E-state index >= 15 is 0 Å². The molecule has 1 aromatic carbocycles. The average molecular weight is 294 g/mol. The summed E-state index contributed by atoms with van der Waals surface area (Å²) in [6, 6.07) is 5.86. The minimum Gasteiger partial charge on any atom is -0.496 e. The smallest absolute Gasteiger partial charge is 0.123 e. The molecule has 0 aliphatic carbocycles. The third kappa shape index (κ3) is 3.91. The van der Waals surface area contributed by atoms with Crippen LogP contribution in [0.15, 0.2) is 18.2 Å². The van der Waals surface area contributed by atoms with Crippen molar-refractivity contribution < 1.29 is 9.47 Å². The summed E-state index contributed by atoms with van der Waals surface area (Å²) < 4.78 is 11.1. The number of hydrogen-bond donors (Lipinski definition) is 1. The van der Waals surface area contributed by atoms with Crippen molar-refractivity contribution >= 4 is 17.2 Å². The first kappa shape index (κ1) is 15.2. The van der Waals surface area contributed by atoms with Gasteiger partial charge in [-0.1, -0.05) is 12.2 Å². The van der Waals surface area contributed by atoms with Crippen LogP contribution in [-0.4, -0.2) is 42.8 Å². The molecule has 1 atom stereocenters. The van der Waals surface area contributed by atoms with Gasteiger partial charge in [0.2, 0.25) is 0 Å². The first-order valence-corrected chi connectivity index (χ1v) is 7.31. The molecule has 1 unspecified atom stereocenters. The summed E-state index contributed by atoms with van der Waals surface area (Å²) in [5, 5.41) is 0. The molecule has 1 aliphatic heterocycles. The van der Waals surface area contributed by atoms with Gasteiger partial charge >= 0.3 is 0 Å². The lowest BCUT2D eigenvalue weighted by Gasteiger charge is -2.23. The van der Waals surface area contributed by atoms with E-state index in [1.807, 2.05) is 18.2 Å². The third-order valence-corrected chi connectivity index (χ3v) is 3.73. The van der Waals surface area contributed by atoms with Crippen molar-refractivity contribution in [2.75, 3.05) is 26.8 Å². The Morgan fingerprint density at radius 1 is 1.55 bits per heavy atom. The van der Waals surface area contributed by atoms with E-state index in [0.29, 0.717) is 4.99 Å². The van der Waals surface area contributed by atoms with Crippen LogP contribution >= 0.6 is 12.2 Å². The Kier molecular flexibility index (Phi) is 5.34. The third-order valence-electron chi connectivity index (χ3n) is 3.50. The summed E-state index contributed by atoms with van der Waals surface area (Å²) in [5.74, 6) is 0.878. The number of hydrogen-bond acceptors (Lipinski definition) is 4. The molecule has 0 saturated carbocycles. The van der Waals surface area contributed by atoms with Crippen molar-refractivity contribution in [1.82, 2.24) is 4.90 Å². The second-order valence-electron chi connectivity index (χ2n) is 5.16. The van der Waals surface area contributed by atoms with E-state index in [1.54, 1.807) is 7.11 Å². The summed E-state index contributed by atoms with van der Waals surface area (Å²) in [6.07, 6.45) is 1.32. The van der Waals surface area contributed by atoms with Crippen LogP contribution in [0.3, 0.4) is 0 Å². The zero-order valence-corrected chi connectivity index (χ0v) is 12.9. The Bertz CT molecular complexity index is 479. The summed E-state index contributed by atoms with van der Waals surface area (Å²) in [6.45, 7) is 5.74. The highest BCUT2D eigenvalue weighted by molar-refractivity contribution is 7.80. The molecule has 4 nitrogen and oxygen atoms in total. The van der Waals surface area contributed by atoms with Crippen LogP contribution in [0.1, 0.15) is 24.5 Å². The standard InChI is InChI=1S/C15H22N2O2S/c1-11-9-17(6-3-7-19-11)10-13-8-12(15(16)20)4-5-14(13)18-2/h4-5,8,11H,3,6-7,9-10H2,1-2H3,(H2,16,20). The lowest BCUT2D eigenvalue weighted by Crippen LogP contribution is -2.30. The van der Waals surface area contributed by atoms with E-state index in [2.05, 4.69) is 11.8 Å². The van der Waals surface area contributed by atoms with E-state index < -0.39 is 0 Å². The number of benzene rings is 1. The monoisotopic (exact) mass is 294 g/mol. The summed E-state index contributed by atoms with van der Waals surface area (Å²) >= 11 is 5.05. The minimum absolute atomic E-state index is 0.266. The van der Waals surface area contributed by atoms with Crippen molar-refractivity contribution in [1.29, 1.82) is 0 Å². The molecule has 5 heteroatoms. The van der Waals surface area contributed by atoms with Crippen LogP contribution in [0.2, 0.25) is 0 Å². The van der Waals surface area contributed by atoms with E-state index in [-0.39, 0.29) is 6.10 Å². The van der Waals surface area contributed by atoms with Gasteiger partial charge in [0.05, 0.1) is 13.2 Å². The summed E-state index contributed by atoms with van der Waals surface area (Å²) in [7, 11) is 1.69. The van der Waals surface area contributed by atoms with Gasteiger partial charge in [0.1, 0.15) is 10.7 Å². The number of rotatable bonds is 4. The van der Waals surface area contributed by atoms with Crippen LogP contribution in [0.25, 0.3) is 0 Å². The first-order valence-electron chi connectivity index (χ1n) is 6.91. The van der Waals surface area contributed by atoms with Gasteiger partial charge < -0.3 is 15.2 Å². The summed E-state index contributed by atoms with van der Waals surface area (Å²) in [4.78, 5) is 2.81. The van der Waals surface area contributed by atoms with Gasteiger partial charge in [0, 0.05) is 37.4 Å². The van der Waals surface area contributed by atoms with Gasteiger partial charge in [-0.05, 0) is 31.5 Å². The molecule has 0 radical (unpaired) electrons. The fourth-order valence-electron chi connectivity index (χ4n) is 2.52. The van der Waals surface area contributed by atoms with Crippen LogP contribution in [0.5, 0.6) is 5.75 Å². The Balaban J connectivity index is 2.17. The Hall–Kier alpha value is -1.17. The van der Waals surface area contributed by atoms with Gasteiger partial charge in [-0.25, -0.2) is 0 Å². The fraction of sp³-hybridized carbons (Fsp3) is 0.533. The first-order chi connectivity index (χ1) is 9.60. The molecule has 0 bridgehead atoms. The molecule has 2 N–H and O–H groups in total. The molecule has 1 aromatic rings. The van der Waals surface area contributed by atoms with Crippen LogP contribution < -0.4 is 10.5 Å². The van der Waals surface area contributed by atoms with E-state index in [4.69, 9.17) is 27.4 Å². The predicted molar refractivity (Wildman–Crippen MR) is 84.2 cm³/mol. The van der Waals surface area contributed by atoms with E-state index in [1.165, 1.54) is 0 Å². The number of methoxy groups -OCH3 is 1. The number of ether oxygens (including phenoxy) is 2. The van der Waals surface area contributed by atoms with E-state index in [0.717, 1.165) is 49.5 Å². The van der Waals surface area contributed by atoms with Crippen molar-refractivity contribution in [2.24, 2.45) is 5.73 Å². The molecular weight excluding hydrogens is 272 g/mol. The van der Waals surface area contributed by atoms with Gasteiger partial charge in [-0.15, -0.1) is 0 Å². The van der Waals surface area contributed by atoms with Crippen LogP contribution in [0, 0.1) is 0 Å². The molecule has 20 heavy (non-hydrogen) atoms. The van der Waals surface area contributed by atoms with Gasteiger partial charge in [-0.3, -0.25) is 4.90 Å². The number of nitrogens with two attached hydrogens (primary N) is 1. The van der Waals surface area contributed by atoms with Crippen molar-refractivity contribution in [2.45, 2.75) is 26.0 Å². The molecule has 0 aromatic heterocycles. The minimum atomic E-state index is 0.266. The molecule has 2 rings (SSSR count). The molecular formula is C15H22N2O2S. The molecule has 1 aliphatic rings. The van der Waals surface area contributed by atoms with Crippen LogP contribution in [0.4, 0.5) is 0 Å². The van der Waals surface area contributed by atoms with E-state index in [9.17, 15) is 0 Å². The quantitative estimate of drug-likeness (QED) is 0.860. The molecule has 1 fully saturated rings. The SMILES string of the molecule is COc1ccc(C(N)=S)cc1CN1CCCOC(C)C1. The fourth-order valence-corrected chi connectivity index (χ4v) is 2.65. The van der Waals surface area contributed by atoms with Gasteiger partial charge in [-0.2, -0.15) is 0 Å². The van der Waals surface area contributed by atoms with Crippen molar-refractivity contribution in [3.63, 3.8) is 0 Å². The zero-order chi connectivity index (χ0) is 14.5. The maximum Gasteiger partial charge on any atom is 0.123 e. The topological polar surface area (TPSA) is 47.7 Å². The van der Waals surface area contributed by atoms with Crippen molar-refractivity contribution in [3.8, 4) is 5.75 Å². The average Bonchev–Trinajstić information content (AvgIpc) is 2.63. The Labute approximate surface area is 125 Å². The molecule has 0 spiro atoms. The Morgan fingerprint density at radius 3 is 3.05 bits per heavy atom. The molecule has 1 heterocycles. The normalized spacial score (nSPS) is 20.4. The van der Waals surface area contributed by atoms with Gasteiger partial charge in [0.25, 0.3) is 0 Å². The maximum atomic E-state index is 5.71.